The first kappa shape index (κ1) is 23.1. The number of hydrogen-bond donors (Lipinski definition) is 7. The number of thiol groups is 1. The third kappa shape index (κ3) is 8.18. The summed E-state index contributed by atoms with van der Waals surface area (Å²) in [5, 5.41) is 25.4. The molecule has 0 rings (SSSR count). The summed E-state index contributed by atoms with van der Waals surface area (Å²) in [6, 6.07) is -3.36. The lowest BCUT2D eigenvalue weighted by molar-refractivity contribution is -0.143. The summed E-state index contributed by atoms with van der Waals surface area (Å²) in [5.41, 5.74) is 5.48. The second-order valence-electron chi connectivity index (χ2n) is 5.86. The maximum absolute atomic E-state index is 12.0. The normalized spacial score (nSPS) is 15.6. The molecule has 11 heteroatoms. The number of aliphatic hydroxyl groups is 1. The molecule has 0 fully saturated rings. The van der Waals surface area contributed by atoms with Gasteiger partial charge in [-0.15, -0.1) is 0 Å². The van der Waals surface area contributed by atoms with Gasteiger partial charge in [0.05, 0.1) is 18.7 Å². The Bertz CT molecular complexity index is 500. The molecule has 7 N–H and O–H groups in total. The van der Waals surface area contributed by atoms with E-state index < -0.39 is 54.5 Å². The highest BCUT2D eigenvalue weighted by Gasteiger charge is 2.28. The van der Waals surface area contributed by atoms with Crippen LogP contribution in [0, 0.1) is 5.92 Å². The van der Waals surface area contributed by atoms with Gasteiger partial charge in [-0.05, 0) is 12.8 Å². The Kier molecular flexibility index (Phi) is 10.1. The second kappa shape index (κ2) is 10.9. The first-order chi connectivity index (χ1) is 11.5. The number of hydrogen-bond acceptors (Lipinski definition) is 7. The minimum Gasteiger partial charge on any atom is -0.480 e. The summed E-state index contributed by atoms with van der Waals surface area (Å²) >= 11 is 3.86. The maximum atomic E-state index is 12.0. The van der Waals surface area contributed by atoms with Crippen molar-refractivity contribution in [3.63, 3.8) is 0 Å². The molecule has 0 aliphatic rings. The Hall–Kier alpha value is -1.85. The number of nitrogens with two attached hydrogens (primary N) is 1. The summed E-state index contributed by atoms with van der Waals surface area (Å²) < 4.78 is 0. The lowest BCUT2D eigenvalue weighted by Gasteiger charge is -2.23. The van der Waals surface area contributed by atoms with Gasteiger partial charge < -0.3 is 31.9 Å². The second-order valence-corrected chi connectivity index (χ2v) is 6.23. The molecule has 0 heterocycles. The number of nitrogens with one attached hydrogen (secondary N) is 3. The molecule has 0 aromatic heterocycles. The molecule has 0 aliphatic heterocycles. The van der Waals surface area contributed by atoms with E-state index in [1.807, 2.05) is 0 Å². The van der Waals surface area contributed by atoms with Crippen LogP contribution in [0.15, 0.2) is 0 Å². The van der Waals surface area contributed by atoms with E-state index in [2.05, 4.69) is 28.6 Å². The van der Waals surface area contributed by atoms with Crippen molar-refractivity contribution in [3.8, 4) is 0 Å². The van der Waals surface area contributed by atoms with E-state index in [0.29, 0.717) is 0 Å². The van der Waals surface area contributed by atoms with Crippen LogP contribution in [0.3, 0.4) is 0 Å². The number of aliphatic hydroxyl groups excluding tert-OH is 1. The molecular formula is C14H26N4O6S. The predicted molar refractivity (Wildman–Crippen MR) is 92.9 cm³/mol. The van der Waals surface area contributed by atoms with Crippen molar-refractivity contribution in [2.75, 3.05) is 12.3 Å². The first-order valence-electron chi connectivity index (χ1n) is 7.66. The largest absolute Gasteiger partial charge is 0.480 e. The van der Waals surface area contributed by atoms with Crippen molar-refractivity contribution in [1.82, 2.24) is 16.0 Å². The van der Waals surface area contributed by atoms with Crippen molar-refractivity contribution < 1.29 is 29.4 Å². The molecule has 144 valence electrons. The van der Waals surface area contributed by atoms with Gasteiger partial charge in [-0.2, -0.15) is 12.6 Å². The fourth-order valence-electron chi connectivity index (χ4n) is 1.76. The Labute approximate surface area is 151 Å². The van der Waals surface area contributed by atoms with Gasteiger partial charge in [0.15, 0.2) is 0 Å². The van der Waals surface area contributed by atoms with Crippen molar-refractivity contribution in [2.24, 2.45) is 11.7 Å². The van der Waals surface area contributed by atoms with Gasteiger partial charge in [-0.3, -0.25) is 14.4 Å². The molecule has 4 atom stereocenters. The van der Waals surface area contributed by atoms with Crippen LogP contribution in [0.1, 0.15) is 20.8 Å². The van der Waals surface area contributed by atoms with E-state index in [1.54, 1.807) is 13.8 Å². The monoisotopic (exact) mass is 378 g/mol. The van der Waals surface area contributed by atoms with Crippen molar-refractivity contribution in [3.05, 3.63) is 0 Å². The van der Waals surface area contributed by atoms with Gasteiger partial charge in [0, 0.05) is 5.75 Å². The fraction of sp³-hybridized carbons (Fsp3) is 0.714. The zero-order chi connectivity index (χ0) is 19.7. The molecular weight excluding hydrogens is 352 g/mol. The molecule has 3 amide bonds. The summed E-state index contributed by atoms with van der Waals surface area (Å²) in [6.07, 6.45) is -1.23. The van der Waals surface area contributed by atoms with Crippen LogP contribution >= 0.6 is 12.6 Å². The number of rotatable bonds is 10. The van der Waals surface area contributed by atoms with Gasteiger partial charge >= 0.3 is 5.97 Å². The summed E-state index contributed by atoms with van der Waals surface area (Å²) in [5.74, 6) is -3.67. The molecule has 10 nitrogen and oxygen atoms in total. The van der Waals surface area contributed by atoms with Crippen molar-refractivity contribution >= 4 is 36.3 Å². The zero-order valence-corrected chi connectivity index (χ0v) is 15.2. The number of aliphatic carboxylic acids is 1. The highest BCUT2D eigenvalue weighted by atomic mass is 32.1. The summed E-state index contributed by atoms with van der Waals surface area (Å²) in [6.45, 7) is 4.03. The Morgan fingerprint density at radius 3 is 2.00 bits per heavy atom. The standard InChI is InChI=1S/C14H26N4O6S/c1-6(2)10(14(23)24)17-9(20)4-16-13(22)11(7(3)19)18-12(21)8(15)5-25/h6-8,10-11,19,25H,4-5,15H2,1-3H3,(H,16,22)(H,17,20)(H,18,21)(H,23,24). The van der Waals surface area contributed by atoms with Crippen LogP contribution in [0.5, 0.6) is 0 Å². The number of carboxylic acid groups (broad SMARTS) is 1. The van der Waals surface area contributed by atoms with Crippen LogP contribution in [-0.4, -0.2) is 70.4 Å². The van der Waals surface area contributed by atoms with E-state index >= 15 is 0 Å². The molecule has 0 spiro atoms. The summed E-state index contributed by atoms with van der Waals surface area (Å²) in [4.78, 5) is 46.5. The van der Waals surface area contributed by atoms with Gasteiger partial charge in [-0.25, -0.2) is 4.79 Å². The lowest BCUT2D eigenvalue weighted by Crippen LogP contribution is -2.57. The third-order valence-corrected chi connectivity index (χ3v) is 3.66. The third-order valence-electron chi connectivity index (χ3n) is 3.27. The van der Waals surface area contributed by atoms with E-state index in [0.717, 1.165) is 0 Å². The highest BCUT2D eigenvalue weighted by molar-refractivity contribution is 7.80. The first-order valence-corrected chi connectivity index (χ1v) is 8.29. The lowest BCUT2D eigenvalue weighted by atomic mass is 10.0. The maximum Gasteiger partial charge on any atom is 0.326 e. The molecule has 0 radical (unpaired) electrons. The Balaban J connectivity index is 4.69. The van der Waals surface area contributed by atoms with E-state index in [9.17, 15) is 24.3 Å². The van der Waals surface area contributed by atoms with Crippen LogP contribution < -0.4 is 21.7 Å². The number of carbonyl (C=O) groups is 4. The molecule has 0 saturated heterocycles. The minimum atomic E-state index is -1.31. The van der Waals surface area contributed by atoms with Gasteiger partial charge in [0.25, 0.3) is 0 Å². The average molecular weight is 378 g/mol. The molecule has 0 aromatic rings. The van der Waals surface area contributed by atoms with E-state index in [4.69, 9.17) is 10.8 Å². The molecule has 0 aliphatic carbocycles. The van der Waals surface area contributed by atoms with Crippen LogP contribution in [0.25, 0.3) is 0 Å². The SMILES string of the molecule is CC(C)C(NC(=O)CNC(=O)C(NC(=O)C(N)CS)C(C)O)C(=O)O. The quantitative estimate of drug-likeness (QED) is 0.205. The average Bonchev–Trinajstić information content (AvgIpc) is 2.53. The van der Waals surface area contributed by atoms with E-state index in [1.165, 1.54) is 6.92 Å². The molecule has 0 bridgehead atoms. The van der Waals surface area contributed by atoms with Gasteiger partial charge in [-0.1, -0.05) is 13.8 Å². The molecule has 0 saturated carbocycles. The van der Waals surface area contributed by atoms with Crippen molar-refractivity contribution in [1.29, 1.82) is 0 Å². The molecule has 25 heavy (non-hydrogen) atoms. The summed E-state index contributed by atoms with van der Waals surface area (Å²) in [7, 11) is 0. The van der Waals surface area contributed by atoms with Crippen LogP contribution in [0.2, 0.25) is 0 Å². The molecule has 4 unspecified atom stereocenters. The zero-order valence-electron chi connectivity index (χ0n) is 14.4. The topological polar surface area (TPSA) is 171 Å². The van der Waals surface area contributed by atoms with Crippen LogP contribution in [-0.2, 0) is 19.2 Å². The fourth-order valence-corrected chi connectivity index (χ4v) is 1.93. The minimum absolute atomic E-state index is 0.0498. The molecule has 0 aromatic carbocycles. The van der Waals surface area contributed by atoms with Crippen LogP contribution in [0.4, 0.5) is 0 Å². The van der Waals surface area contributed by atoms with Gasteiger partial charge in [0.2, 0.25) is 17.7 Å². The number of carboxylic acids is 1. The Morgan fingerprint density at radius 2 is 1.60 bits per heavy atom. The highest BCUT2D eigenvalue weighted by Crippen LogP contribution is 2.01. The predicted octanol–water partition coefficient (Wildman–Crippen LogP) is -2.55. The Morgan fingerprint density at radius 1 is 1.04 bits per heavy atom. The van der Waals surface area contributed by atoms with Crippen molar-refractivity contribution in [2.45, 2.75) is 45.0 Å². The smallest absolute Gasteiger partial charge is 0.326 e. The van der Waals surface area contributed by atoms with E-state index in [-0.39, 0.29) is 11.7 Å². The number of carbonyl (C=O) groups excluding carboxylic acids is 3. The number of amides is 3. The van der Waals surface area contributed by atoms with Gasteiger partial charge in [0.1, 0.15) is 12.1 Å².